The highest BCUT2D eigenvalue weighted by atomic mass is 16.3. The van der Waals surface area contributed by atoms with E-state index in [2.05, 4.69) is 74.3 Å². The third-order valence-corrected chi connectivity index (χ3v) is 9.43. The second-order valence-corrected chi connectivity index (χ2v) is 12.6. The van der Waals surface area contributed by atoms with Crippen molar-refractivity contribution >= 4 is 17.0 Å². The lowest BCUT2D eigenvalue weighted by Crippen LogP contribution is -2.57. The van der Waals surface area contributed by atoms with Crippen LogP contribution in [0, 0.1) is 5.92 Å². The van der Waals surface area contributed by atoms with Gasteiger partial charge in [0.1, 0.15) is 11.3 Å². The Labute approximate surface area is 267 Å². The maximum absolute atomic E-state index is 11.3. The summed E-state index contributed by atoms with van der Waals surface area (Å²) >= 11 is 0. The molecule has 6 aromatic rings. The summed E-state index contributed by atoms with van der Waals surface area (Å²) in [6, 6.07) is 26.9. The second kappa shape index (κ2) is 11.8. The number of aliphatic hydroxyl groups is 1. The Hall–Kier alpha value is -4.90. The van der Waals surface area contributed by atoms with E-state index in [0.717, 1.165) is 48.3 Å². The number of rotatable bonds is 7. The van der Waals surface area contributed by atoms with Gasteiger partial charge in [-0.1, -0.05) is 43.3 Å². The molecule has 4 aromatic heterocycles. The lowest BCUT2D eigenvalue weighted by atomic mass is 9.90. The zero-order chi connectivity index (χ0) is 31.2. The van der Waals surface area contributed by atoms with E-state index in [0.29, 0.717) is 29.9 Å². The van der Waals surface area contributed by atoms with E-state index in [9.17, 15) is 5.11 Å². The molecule has 0 amide bonds. The molecule has 10 heteroatoms. The molecule has 0 saturated carbocycles. The number of aliphatic hydroxyl groups excluding tert-OH is 1. The molecule has 1 aliphatic heterocycles. The van der Waals surface area contributed by atoms with E-state index < -0.39 is 6.10 Å². The fourth-order valence-corrected chi connectivity index (χ4v) is 7.26. The van der Waals surface area contributed by atoms with Crippen molar-refractivity contribution in [1.29, 1.82) is 0 Å². The molecule has 4 atom stereocenters. The van der Waals surface area contributed by atoms with Crippen molar-refractivity contribution in [3.8, 4) is 22.9 Å². The van der Waals surface area contributed by atoms with Gasteiger partial charge in [0.15, 0.2) is 17.3 Å². The largest absolute Gasteiger partial charge is 0.390 e. The second-order valence-electron chi connectivity index (χ2n) is 12.6. The molecule has 10 nitrogen and oxygen atoms in total. The number of β-amino-alcohol motifs (C(OH)–C–C–N with tert-alkyl or cyclic N) is 1. The number of aryl methyl sites for hydroxylation is 1. The van der Waals surface area contributed by atoms with Crippen molar-refractivity contribution in [2.75, 3.05) is 18.8 Å². The van der Waals surface area contributed by atoms with Crippen molar-refractivity contribution < 1.29 is 5.11 Å². The fraction of sp³-hybridized carbons (Fsp3) is 0.278. The number of anilines is 1. The van der Waals surface area contributed by atoms with Gasteiger partial charge in [0.05, 0.1) is 11.7 Å². The van der Waals surface area contributed by atoms with Crippen LogP contribution in [0.25, 0.3) is 34.1 Å². The Morgan fingerprint density at radius 3 is 2.65 bits per heavy atom. The Morgan fingerprint density at radius 2 is 1.85 bits per heavy atom. The number of piperidine rings is 1. The number of aromatic nitrogens is 6. The molecule has 1 aliphatic carbocycles. The van der Waals surface area contributed by atoms with Gasteiger partial charge in [-0.15, -0.1) is 0 Å². The van der Waals surface area contributed by atoms with Crippen molar-refractivity contribution in [2.24, 2.45) is 5.92 Å². The van der Waals surface area contributed by atoms with Gasteiger partial charge in [0, 0.05) is 56.0 Å². The van der Waals surface area contributed by atoms with Gasteiger partial charge in [-0.2, -0.15) is 5.10 Å². The predicted octanol–water partition coefficient (Wildman–Crippen LogP) is 4.71. The molecule has 1 saturated heterocycles. The first-order valence-electron chi connectivity index (χ1n) is 16.0. The summed E-state index contributed by atoms with van der Waals surface area (Å²) in [7, 11) is 0. The monoisotopic (exact) mass is 611 g/mol. The Bertz CT molecular complexity index is 1980. The molecule has 0 bridgehead atoms. The standard InChI is InChI=1S/C36H37N9O/c1-23-20-43(21-24-7-3-2-4-8-24)22-31(46)33(23)40-29-13-10-25-19-26(11-12-27(25)29)45-35(28-9-5-16-38-34(28)37)41-30-14-15-32(42-36(30)45)44-18-6-17-39-44/h2-9,11-12,14-19,23,29,31,33,40,46H,10,13,20-22H2,1H3,(H2,37,38). The van der Waals surface area contributed by atoms with Crippen LogP contribution in [0.1, 0.15) is 36.1 Å². The minimum Gasteiger partial charge on any atom is -0.390 e. The number of nitrogens with zero attached hydrogens (tertiary/aromatic N) is 7. The molecule has 1 fully saturated rings. The average molecular weight is 612 g/mol. The van der Waals surface area contributed by atoms with Gasteiger partial charge in [-0.05, 0) is 77.9 Å². The maximum Gasteiger partial charge on any atom is 0.167 e. The van der Waals surface area contributed by atoms with Crippen LogP contribution in [-0.2, 0) is 13.0 Å². The van der Waals surface area contributed by atoms with Crippen LogP contribution in [0.15, 0.2) is 97.5 Å². The van der Waals surface area contributed by atoms with Crippen LogP contribution in [0.4, 0.5) is 5.82 Å². The van der Waals surface area contributed by atoms with Crippen molar-refractivity contribution in [3.05, 3.63) is 114 Å². The number of nitrogens with one attached hydrogen (secondary N) is 1. The van der Waals surface area contributed by atoms with Crippen LogP contribution in [0.2, 0.25) is 0 Å². The van der Waals surface area contributed by atoms with E-state index in [1.165, 1.54) is 16.7 Å². The number of hydrogen-bond acceptors (Lipinski definition) is 8. The lowest BCUT2D eigenvalue weighted by molar-refractivity contribution is 0.00420. The van der Waals surface area contributed by atoms with E-state index >= 15 is 0 Å². The van der Waals surface area contributed by atoms with E-state index in [4.69, 9.17) is 15.7 Å². The molecule has 232 valence electrons. The highest BCUT2D eigenvalue weighted by Crippen LogP contribution is 2.37. The number of pyridine rings is 2. The van der Waals surface area contributed by atoms with Crippen LogP contribution < -0.4 is 11.1 Å². The van der Waals surface area contributed by atoms with Gasteiger partial charge >= 0.3 is 0 Å². The van der Waals surface area contributed by atoms with Crippen LogP contribution in [0.5, 0.6) is 0 Å². The quantitative estimate of drug-likeness (QED) is 0.237. The van der Waals surface area contributed by atoms with Gasteiger partial charge in [0.25, 0.3) is 0 Å². The summed E-state index contributed by atoms with van der Waals surface area (Å²) < 4.78 is 3.82. The van der Waals surface area contributed by atoms with Crippen molar-refractivity contribution in [3.63, 3.8) is 0 Å². The molecule has 4 unspecified atom stereocenters. The minimum atomic E-state index is -0.435. The molecular weight excluding hydrogens is 574 g/mol. The number of nitrogen functional groups attached to an aromatic ring is 1. The number of nitrogens with two attached hydrogens (primary N) is 1. The third kappa shape index (κ3) is 5.24. The number of hydrogen-bond donors (Lipinski definition) is 3. The SMILES string of the molecule is CC1CN(Cc2ccccc2)CC(O)C1NC1CCc2cc(-n3c(-c4cccnc4N)nc4ccc(-n5cccn5)nc43)ccc21. The van der Waals surface area contributed by atoms with Crippen LogP contribution in [-0.4, -0.2) is 64.5 Å². The first-order valence-corrected chi connectivity index (χ1v) is 16.0. The van der Waals surface area contributed by atoms with Crippen LogP contribution in [0.3, 0.4) is 0 Å². The molecule has 2 aromatic carbocycles. The Kier molecular flexibility index (Phi) is 7.32. The molecule has 0 spiro atoms. The molecular formula is C36H37N9O. The normalized spacial score (nSPS) is 21.5. The maximum atomic E-state index is 11.3. The number of likely N-dealkylation sites (tertiary alicyclic amines) is 1. The number of benzene rings is 2. The topological polar surface area (TPSA) is 123 Å². The third-order valence-electron chi connectivity index (χ3n) is 9.43. The first kappa shape index (κ1) is 28.6. The number of imidazole rings is 1. The summed E-state index contributed by atoms with van der Waals surface area (Å²) in [5, 5.41) is 19.5. The smallest absolute Gasteiger partial charge is 0.167 e. The molecule has 8 rings (SSSR count). The zero-order valence-electron chi connectivity index (χ0n) is 25.7. The molecule has 4 N–H and O–H groups in total. The minimum absolute atomic E-state index is 0.0327. The fourth-order valence-electron chi connectivity index (χ4n) is 7.26. The Balaban J connectivity index is 1.09. The van der Waals surface area contributed by atoms with E-state index in [-0.39, 0.29) is 12.1 Å². The van der Waals surface area contributed by atoms with Gasteiger partial charge < -0.3 is 16.2 Å². The van der Waals surface area contributed by atoms with Crippen LogP contribution >= 0.6 is 0 Å². The molecule has 46 heavy (non-hydrogen) atoms. The average Bonchev–Trinajstić information content (AvgIpc) is 3.82. The number of fused-ring (bicyclic) bond motifs is 2. The highest BCUT2D eigenvalue weighted by Gasteiger charge is 2.36. The predicted molar refractivity (Wildman–Crippen MR) is 179 cm³/mol. The van der Waals surface area contributed by atoms with Crippen molar-refractivity contribution in [2.45, 2.75) is 44.5 Å². The zero-order valence-corrected chi connectivity index (χ0v) is 25.7. The highest BCUT2D eigenvalue weighted by molar-refractivity contribution is 5.83. The Morgan fingerprint density at radius 1 is 0.957 bits per heavy atom. The molecule has 2 aliphatic rings. The summed E-state index contributed by atoms with van der Waals surface area (Å²) in [6.07, 6.45) is 6.80. The van der Waals surface area contributed by atoms with Gasteiger partial charge in [-0.3, -0.25) is 9.47 Å². The summed E-state index contributed by atoms with van der Waals surface area (Å²) in [5.74, 6) is 2.13. The van der Waals surface area contributed by atoms with Crippen molar-refractivity contribution in [1.82, 2.24) is 39.5 Å². The lowest BCUT2D eigenvalue weighted by Gasteiger charge is -2.42. The van der Waals surface area contributed by atoms with Gasteiger partial charge in [-0.25, -0.2) is 19.6 Å². The van der Waals surface area contributed by atoms with Gasteiger partial charge in [0.2, 0.25) is 0 Å². The van der Waals surface area contributed by atoms with E-state index in [1.807, 2.05) is 42.6 Å². The van der Waals surface area contributed by atoms with E-state index in [1.54, 1.807) is 17.1 Å². The summed E-state index contributed by atoms with van der Waals surface area (Å²) in [6.45, 7) is 4.72. The summed E-state index contributed by atoms with van der Waals surface area (Å²) in [4.78, 5) is 16.7. The summed E-state index contributed by atoms with van der Waals surface area (Å²) in [5.41, 5.74) is 13.4. The molecule has 0 radical (unpaired) electrons. The first-order chi connectivity index (χ1) is 22.5. The molecule has 5 heterocycles.